The highest BCUT2D eigenvalue weighted by Crippen LogP contribution is 2.18. The third kappa shape index (κ3) is 3.37. The zero-order valence-electron chi connectivity index (χ0n) is 13.2. The van der Waals surface area contributed by atoms with Crippen LogP contribution in [0.5, 0.6) is 0 Å². The van der Waals surface area contributed by atoms with Gasteiger partial charge in [-0.2, -0.15) is 9.78 Å². The highest BCUT2D eigenvalue weighted by atomic mass is 35.5. The third-order valence-corrected chi connectivity index (χ3v) is 3.83. The van der Waals surface area contributed by atoms with Gasteiger partial charge in [0.15, 0.2) is 5.69 Å². The minimum absolute atomic E-state index is 0.171. The van der Waals surface area contributed by atoms with Crippen molar-refractivity contribution >= 4 is 17.5 Å². The first-order valence-corrected chi connectivity index (χ1v) is 7.73. The Morgan fingerprint density at radius 1 is 1.29 bits per heavy atom. The molecule has 0 fully saturated rings. The Balaban J connectivity index is 1.74. The molecule has 2 heterocycles. The molecule has 0 saturated heterocycles. The molecule has 3 aromatic rings. The van der Waals surface area contributed by atoms with E-state index < -0.39 is 6.10 Å². The molecule has 0 aliphatic heterocycles. The lowest BCUT2D eigenvalue weighted by Crippen LogP contribution is -2.15. The van der Waals surface area contributed by atoms with Crippen LogP contribution in [0, 0.1) is 13.8 Å². The summed E-state index contributed by atoms with van der Waals surface area (Å²) in [7, 11) is 0. The summed E-state index contributed by atoms with van der Waals surface area (Å²) in [6.45, 7) is 3.79. The molecule has 0 bridgehead atoms. The van der Waals surface area contributed by atoms with Crippen LogP contribution in [-0.2, 0) is 6.54 Å². The van der Waals surface area contributed by atoms with Crippen molar-refractivity contribution in [1.29, 1.82) is 0 Å². The van der Waals surface area contributed by atoms with Crippen LogP contribution in [0.1, 0.15) is 33.5 Å². The molecule has 7 nitrogen and oxygen atoms in total. The zero-order chi connectivity index (χ0) is 17.3. The van der Waals surface area contributed by atoms with Crippen molar-refractivity contribution in [2.45, 2.75) is 26.5 Å². The normalized spacial score (nSPS) is 12.3. The Hall–Kier alpha value is -2.51. The highest BCUT2D eigenvalue weighted by Gasteiger charge is 2.17. The molecule has 1 aromatic carbocycles. The van der Waals surface area contributed by atoms with E-state index in [2.05, 4.69) is 15.4 Å². The van der Waals surface area contributed by atoms with Gasteiger partial charge in [-0.05, 0) is 37.6 Å². The smallest absolute Gasteiger partial charge is 0.300 e. The summed E-state index contributed by atoms with van der Waals surface area (Å²) in [5, 5.41) is 22.8. The minimum Gasteiger partial charge on any atom is -0.386 e. The third-order valence-electron chi connectivity index (χ3n) is 3.57. The van der Waals surface area contributed by atoms with Crippen LogP contribution < -0.4 is 0 Å². The highest BCUT2D eigenvalue weighted by molar-refractivity contribution is 6.30. The molecule has 0 amide bonds. The Morgan fingerprint density at radius 3 is 2.62 bits per heavy atom. The van der Waals surface area contributed by atoms with Crippen LogP contribution in [0.15, 0.2) is 36.5 Å². The van der Waals surface area contributed by atoms with Crippen molar-refractivity contribution in [1.82, 2.24) is 24.8 Å². The second-order valence-electron chi connectivity index (χ2n) is 5.54. The Bertz CT molecular complexity index is 869. The first kappa shape index (κ1) is 16.4. The van der Waals surface area contributed by atoms with Crippen LogP contribution in [0.4, 0.5) is 0 Å². The fraction of sp³-hybridized carbons (Fsp3) is 0.250. The monoisotopic (exact) mass is 345 g/mol. The van der Waals surface area contributed by atoms with Crippen LogP contribution in [0.3, 0.4) is 0 Å². The van der Waals surface area contributed by atoms with E-state index in [1.807, 2.05) is 13.0 Å². The second kappa shape index (κ2) is 6.54. The number of aryl methyl sites for hydroxylation is 2. The quantitative estimate of drug-likeness (QED) is 0.783. The fourth-order valence-electron chi connectivity index (χ4n) is 2.40. The molecular weight excluding hydrogens is 330 g/mol. The maximum atomic E-state index is 12.4. The number of carbonyl (C=O) groups is 1. The lowest BCUT2D eigenvalue weighted by Gasteiger charge is -2.10. The number of hydrogen-bond acceptors (Lipinski definition) is 5. The van der Waals surface area contributed by atoms with E-state index in [1.54, 1.807) is 31.2 Å². The van der Waals surface area contributed by atoms with Gasteiger partial charge in [0, 0.05) is 10.7 Å². The van der Waals surface area contributed by atoms with E-state index in [0.717, 1.165) is 11.4 Å². The number of halogens is 1. The van der Waals surface area contributed by atoms with Crippen LogP contribution in [0.2, 0.25) is 5.02 Å². The van der Waals surface area contributed by atoms with Crippen molar-refractivity contribution in [3.8, 4) is 0 Å². The maximum absolute atomic E-state index is 12.4. The number of aromatic nitrogens is 5. The van der Waals surface area contributed by atoms with Gasteiger partial charge in [0.2, 0.25) is 0 Å². The van der Waals surface area contributed by atoms with E-state index in [9.17, 15) is 9.90 Å². The predicted molar refractivity (Wildman–Crippen MR) is 87.9 cm³/mol. The van der Waals surface area contributed by atoms with Crippen molar-refractivity contribution < 1.29 is 9.90 Å². The molecule has 24 heavy (non-hydrogen) atoms. The fourth-order valence-corrected chi connectivity index (χ4v) is 2.52. The van der Waals surface area contributed by atoms with Crippen molar-refractivity contribution in [3.63, 3.8) is 0 Å². The summed E-state index contributed by atoms with van der Waals surface area (Å²) in [6.07, 6.45) is 0.721. The number of rotatable bonds is 4. The van der Waals surface area contributed by atoms with E-state index in [-0.39, 0.29) is 18.1 Å². The minimum atomic E-state index is -0.777. The zero-order valence-corrected chi connectivity index (χ0v) is 14.0. The Morgan fingerprint density at radius 2 is 2.00 bits per heavy atom. The van der Waals surface area contributed by atoms with Gasteiger partial charge in [-0.3, -0.25) is 4.79 Å². The van der Waals surface area contributed by atoms with E-state index in [0.29, 0.717) is 10.6 Å². The summed E-state index contributed by atoms with van der Waals surface area (Å²) in [5.41, 5.74) is 2.37. The SMILES string of the molecule is Cc1cc(C)n(C(=O)c2cn(CC(O)c3ccc(Cl)cc3)nn2)n1. The summed E-state index contributed by atoms with van der Waals surface area (Å²) in [4.78, 5) is 12.4. The largest absolute Gasteiger partial charge is 0.386 e. The van der Waals surface area contributed by atoms with E-state index in [4.69, 9.17) is 11.6 Å². The number of hydrogen-bond donors (Lipinski definition) is 1. The molecule has 0 saturated carbocycles. The van der Waals surface area contributed by atoms with Crippen LogP contribution in [-0.4, -0.2) is 35.8 Å². The topological polar surface area (TPSA) is 85.8 Å². The summed E-state index contributed by atoms with van der Waals surface area (Å²) >= 11 is 5.83. The molecule has 2 aromatic heterocycles. The molecular formula is C16H16ClN5O2. The van der Waals surface area contributed by atoms with Crippen LogP contribution in [0.25, 0.3) is 0 Å². The number of carbonyl (C=O) groups excluding carboxylic acids is 1. The van der Waals surface area contributed by atoms with E-state index >= 15 is 0 Å². The van der Waals surface area contributed by atoms with Gasteiger partial charge in [-0.1, -0.05) is 28.9 Å². The molecule has 8 heteroatoms. The first-order valence-electron chi connectivity index (χ1n) is 7.35. The first-order chi connectivity index (χ1) is 11.4. The average Bonchev–Trinajstić information content (AvgIpc) is 3.13. The van der Waals surface area contributed by atoms with Gasteiger partial charge in [0.1, 0.15) is 0 Å². The molecule has 1 unspecified atom stereocenters. The Kier molecular flexibility index (Phi) is 4.46. The lowest BCUT2D eigenvalue weighted by atomic mass is 10.1. The lowest BCUT2D eigenvalue weighted by molar-refractivity contribution is 0.0937. The molecule has 0 spiro atoms. The molecule has 0 radical (unpaired) electrons. The van der Waals surface area contributed by atoms with Crippen LogP contribution >= 0.6 is 11.6 Å². The van der Waals surface area contributed by atoms with Gasteiger partial charge >= 0.3 is 5.91 Å². The number of benzene rings is 1. The molecule has 0 aliphatic carbocycles. The summed E-state index contributed by atoms with van der Waals surface area (Å²) in [6, 6.07) is 8.71. The number of aliphatic hydroxyl groups excluding tert-OH is 1. The molecule has 124 valence electrons. The summed E-state index contributed by atoms with van der Waals surface area (Å²) in [5.74, 6) is -0.354. The number of nitrogens with zero attached hydrogens (tertiary/aromatic N) is 5. The van der Waals surface area contributed by atoms with E-state index in [1.165, 1.54) is 15.6 Å². The van der Waals surface area contributed by atoms with Gasteiger partial charge in [-0.25, -0.2) is 4.68 Å². The summed E-state index contributed by atoms with van der Waals surface area (Å²) < 4.78 is 2.72. The molecule has 0 aliphatic rings. The molecule has 1 N–H and O–H groups in total. The second-order valence-corrected chi connectivity index (χ2v) is 5.97. The van der Waals surface area contributed by atoms with Gasteiger partial charge < -0.3 is 5.11 Å². The predicted octanol–water partition coefficient (Wildman–Crippen LogP) is 2.17. The standard InChI is InChI=1S/C16H16ClN5O2/c1-10-7-11(2)22(19-10)16(24)14-8-21(20-18-14)9-15(23)12-3-5-13(17)6-4-12/h3-8,15,23H,9H2,1-2H3. The van der Waals surface area contributed by atoms with Gasteiger partial charge in [-0.15, -0.1) is 5.10 Å². The Labute approximate surface area is 143 Å². The van der Waals surface area contributed by atoms with Crippen molar-refractivity contribution in [2.75, 3.05) is 0 Å². The van der Waals surface area contributed by atoms with Gasteiger partial charge in [0.25, 0.3) is 0 Å². The molecule has 3 rings (SSSR count). The van der Waals surface area contributed by atoms with Gasteiger partial charge in [0.05, 0.1) is 24.5 Å². The molecule has 1 atom stereocenters. The number of aliphatic hydroxyl groups is 1. The van der Waals surface area contributed by atoms with Crippen molar-refractivity contribution in [2.24, 2.45) is 0 Å². The maximum Gasteiger partial charge on any atom is 0.300 e. The average molecular weight is 346 g/mol. The van der Waals surface area contributed by atoms with Crippen molar-refractivity contribution in [3.05, 3.63) is 64.2 Å².